The molecule has 1 aromatic rings. The second kappa shape index (κ2) is 10.4. The fourth-order valence-corrected chi connectivity index (χ4v) is 3.65. The van der Waals surface area contributed by atoms with Crippen molar-refractivity contribution < 1.29 is 9.53 Å². The van der Waals surface area contributed by atoms with Crippen molar-refractivity contribution in [2.45, 2.75) is 45.2 Å². The zero-order chi connectivity index (χ0) is 16.2. The minimum atomic E-state index is -0.357. The van der Waals surface area contributed by atoms with Crippen molar-refractivity contribution in [2.24, 2.45) is 17.6 Å². The van der Waals surface area contributed by atoms with E-state index in [1.165, 1.54) is 5.56 Å². The molecule has 0 aromatic carbocycles. The maximum atomic E-state index is 12.6. The first kappa shape index (κ1) is 22.2. The van der Waals surface area contributed by atoms with Crippen LogP contribution in [0.2, 0.25) is 0 Å². The van der Waals surface area contributed by atoms with E-state index in [1.807, 2.05) is 15.8 Å². The topological polar surface area (TPSA) is 73.4 Å². The van der Waals surface area contributed by atoms with Crippen LogP contribution in [-0.4, -0.2) is 52.9 Å². The van der Waals surface area contributed by atoms with Gasteiger partial charge in [-0.2, -0.15) is 5.10 Å². The molecule has 144 valence electrons. The molecule has 2 N–H and O–H groups in total. The molecule has 3 heterocycles. The predicted molar refractivity (Wildman–Crippen MR) is 102 cm³/mol. The molecular formula is C17H30Cl2N4O2. The summed E-state index contributed by atoms with van der Waals surface area (Å²) in [7, 11) is 0. The smallest absolute Gasteiger partial charge is 0.239 e. The fourth-order valence-electron chi connectivity index (χ4n) is 3.65. The monoisotopic (exact) mass is 392 g/mol. The maximum Gasteiger partial charge on any atom is 0.239 e. The molecule has 25 heavy (non-hydrogen) atoms. The number of amides is 1. The quantitative estimate of drug-likeness (QED) is 0.850. The lowest BCUT2D eigenvalue weighted by Crippen LogP contribution is -2.51. The Kier molecular flexibility index (Phi) is 9.21. The number of halogens is 2. The zero-order valence-corrected chi connectivity index (χ0v) is 16.4. The third-order valence-corrected chi connectivity index (χ3v) is 5.19. The van der Waals surface area contributed by atoms with E-state index < -0.39 is 0 Å². The van der Waals surface area contributed by atoms with E-state index in [1.54, 1.807) is 0 Å². The molecule has 0 spiro atoms. The van der Waals surface area contributed by atoms with Gasteiger partial charge in [-0.25, -0.2) is 0 Å². The molecule has 2 aliphatic rings. The number of ether oxygens (including phenoxy) is 1. The molecule has 8 heteroatoms. The van der Waals surface area contributed by atoms with Gasteiger partial charge in [0.05, 0.1) is 12.2 Å². The SMILES string of the molecule is Cc1cnn(CC2CCN(C(=O)C(N)C3CCOCC3)CC2)c1.Cl.Cl. The van der Waals surface area contributed by atoms with E-state index in [-0.39, 0.29) is 42.7 Å². The highest BCUT2D eigenvalue weighted by molar-refractivity contribution is 5.85. The van der Waals surface area contributed by atoms with Crippen molar-refractivity contribution in [3.63, 3.8) is 0 Å². The first-order valence-corrected chi connectivity index (χ1v) is 8.74. The van der Waals surface area contributed by atoms with E-state index in [0.717, 1.165) is 58.5 Å². The van der Waals surface area contributed by atoms with Gasteiger partial charge in [-0.05, 0) is 50.0 Å². The third kappa shape index (κ3) is 5.84. The van der Waals surface area contributed by atoms with Gasteiger partial charge in [0.1, 0.15) is 0 Å². The standard InChI is InChI=1S/C17H28N4O2.2ClH/c1-13-10-19-21(11-13)12-14-2-6-20(7-3-14)17(22)16(18)15-4-8-23-9-5-15;;/h10-11,14-16H,2-9,12,18H2,1H3;2*1H. The van der Waals surface area contributed by atoms with Gasteiger partial charge in [0.2, 0.25) is 5.91 Å². The first-order chi connectivity index (χ1) is 11.1. The van der Waals surface area contributed by atoms with Crippen molar-refractivity contribution >= 4 is 30.7 Å². The number of aromatic nitrogens is 2. The number of nitrogens with two attached hydrogens (primary N) is 1. The summed E-state index contributed by atoms with van der Waals surface area (Å²) in [6.07, 6.45) is 7.85. The van der Waals surface area contributed by atoms with E-state index >= 15 is 0 Å². The summed E-state index contributed by atoms with van der Waals surface area (Å²) >= 11 is 0. The molecule has 1 amide bonds. The normalized spacial score (nSPS) is 20.5. The van der Waals surface area contributed by atoms with E-state index in [0.29, 0.717) is 5.92 Å². The minimum Gasteiger partial charge on any atom is -0.381 e. The highest BCUT2D eigenvalue weighted by Gasteiger charge is 2.31. The number of likely N-dealkylation sites (tertiary alicyclic amines) is 1. The largest absolute Gasteiger partial charge is 0.381 e. The predicted octanol–water partition coefficient (Wildman–Crippen LogP) is 2.03. The van der Waals surface area contributed by atoms with E-state index in [2.05, 4.69) is 18.2 Å². The molecular weight excluding hydrogens is 363 g/mol. The Labute approximate surface area is 162 Å². The molecule has 0 radical (unpaired) electrons. The number of aryl methyl sites for hydroxylation is 1. The van der Waals surface area contributed by atoms with Crippen LogP contribution in [-0.2, 0) is 16.1 Å². The highest BCUT2D eigenvalue weighted by Crippen LogP contribution is 2.23. The summed E-state index contributed by atoms with van der Waals surface area (Å²) in [5.41, 5.74) is 7.42. The van der Waals surface area contributed by atoms with Gasteiger partial charge in [-0.15, -0.1) is 24.8 Å². The Morgan fingerprint density at radius 1 is 1.28 bits per heavy atom. The molecule has 0 bridgehead atoms. The number of nitrogens with zero attached hydrogens (tertiary/aromatic N) is 3. The Bertz CT molecular complexity index is 526. The molecule has 6 nitrogen and oxygen atoms in total. The van der Waals surface area contributed by atoms with Gasteiger partial charge < -0.3 is 15.4 Å². The maximum absolute atomic E-state index is 12.6. The Hall–Kier alpha value is -0.820. The number of carbonyl (C=O) groups is 1. The summed E-state index contributed by atoms with van der Waals surface area (Å²) < 4.78 is 7.38. The van der Waals surface area contributed by atoms with E-state index in [9.17, 15) is 4.79 Å². The van der Waals surface area contributed by atoms with Crippen LogP contribution >= 0.6 is 24.8 Å². The lowest BCUT2D eigenvalue weighted by Gasteiger charge is -2.36. The Morgan fingerprint density at radius 3 is 2.48 bits per heavy atom. The van der Waals surface area contributed by atoms with Crippen LogP contribution in [0.4, 0.5) is 0 Å². The number of hydrogen-bond donors (Lipinski definition) is 1. The third-order valence-electron chi connectivity index (χ3n) is 5.19. The average molecular weight is 393 g/mol. The number of rotatable bonds is 4. The minimum absolute atomic E-state index is 0. The molecule has 2 saturated heterocycles. The summed E-state index contributed by atoms with van der Waals surface area (Å²) in [6.45, 7) is 6.11. The van der Waals surface area contributed by atoms with Crippen LogP contribution in [0.15, 0.2) is 12.4 Å². The molecule has 2 fully saturated rings. The lowest BCUT2D eigenvalue weighted by atomic mass is 9.90. The van der Waals surface area contributed by atoms with Gasteiger partial charge >= 0.3 is 0 Å². The van der Waals surface area contributed by atoms with Crippen LogP contribution < -0.4 is 5.73 Å². The summed E-state index contributed by atoms with van der Waals surface area (Å²) in [6, 6.07) is -0.357. The second-order valence-electron chi connectivity index (χ2n) is 6.98. The molecule has 0 aliphatic carbocycles. The number of hydrogen-bond acceptors (Lipinski definition) is 4. The summed E-state index contributed by atoms with van der Waals surface area (Å²) in [5.74, 6) is 1.00. The fraction of sp³-hybridized carbons (Fsp3) is 0.765. The van der Waals surface area contributed by atoms with E-state index in [4.69, 9.17) is 10.5 Å². The average Bonchev–Trinajstić information content (AvgIpc) is 3.00. The lowest BCUT2D eigenvalue weighted by molar-refractivity contribution is -0.136. The van der Waals surface area contributed by atoms with Gasteiger partial charge in [0.25, 0.3) is 0 Å². The molecule has 2 aliphatic heterocycles. The highest BCUT2D eigenvalue weighted by atomic mass is 35.5. The van der Waals surface area contributed by atoms with Crippen LogP contribution in [0, 0.1) is 18.8 Å². The Balaban J connectivity index is 0.00000156. The van der Waals surface area contributed by atoms with Gasteiger partial charge in [0, 0.05) is 39.0 Å². The van der Waals surface area contributed by atoms with Crippen molar-refractivity contribution in [2.75, 3.05) is 26.3 Å². The van der Waals surface area contributed by atoms with Gasteiger partial charge in [0.15, 0.2) is 0 Å². The second-order valence-corrected chi connectivity index (χ2v) is 6.98. The van der Waals surface area contributed by atoms with Crippen LogP contribution in [0.25, 0.3) is 0 Å². The molecule has 1 unspecified atom stereocenters. The van der Waals surface area contributed by atoms with Gasteiger partial charge in [-0.1, -0.05) is 0 Å². The van der Waals surface area contributed by atoms with Gasteiger partial charge in [-0.3, -0.25) is 9.48 Å². The first-order valence-electron chi connectivity index (χ1n) is 8.74. The van der Waals surface area contributed by atoms with Crippen molar-refractivity contribution in [3.05, 3.63) is 18.0 Å². The van der Waals surface area contributed by atoms with Crippen molar-refractivity contribution in [1.82, 2.24) is 14.7 Å². The molecule has 1 aromatic heterocycles. The molecule has 0 saturated carbocycles. The number of carbonyl (C=O) groups excluding carboxylic acids is 1. The van der Waals surface area contributed by atoms with Crippen LogP contribution in [0.1, 0.15) is 31.2 Å². The summed E-state index contributed by atoms with van der Waals surface area (Å²) in [5, 5.41) is 4.36. The van der Waals surface area contributed by atoms with Crippen molar-refractivity contribution in [1.29, 1.82) is 0 Å². The molecule has 1 atom stereocenters. The summed E-state index contributed by atoms with van der Waals surface area (Å²) in [4.78, 5) is 14.6. The number of piperidine rings is 1. The van der Waals surface area contributed by atoms with Crippen LogP contribution in [0.5, 0.6) is 0 Å². The zero-order valence-electron chi connectivity index (χ0n) is 14.8. The van der Waals surface area contributed by atoms with Crippen molar-refractivity contribution in [3.8, 4) is 0 Å². The Morgan fingerprint density at radius 2 is 1.92 bits per heavy atom. The van der Waals surface area contributed by atoms with Crippen LogP contribution in [0.3, 0.4) is 0 Å². The molecule has 3 rings (SSSR count).